The summed E-state index contributed by atoms with van der Waals surface area (Å²) in [6.07, 6.45) is 2.29. The van der Waals surface area contributed by atoms with Gasteiger partial charge < -0.3 is 14.2 Å². The lowest BCUT2D eigenvalue weighted by molar-refractivity contribution is 0.0143. The van der Waals surface area contributed by atoms with Crippen LogP contribution in [0.15, 0.2) is 35.5 Å². The zero-order valence-corrected chi connectivity index (χ0v) is 18.9. The molecule has 0 N–H and O–H groups in total. The molecule has 0 spiro atoms. The van der Waals surface area contributed by atoms with E-state index in [2.05, 4.69) is 43.9 Å². The molecule has 0 aliphatic carbocycles. The van der Waals surface area contributed by atoms with Crippen LogP contribution in [-0.4, -0.2) is 67.7 Å². The van der Waals surface area contributed by atoms with Gasteiger partial charge in [-0.05, 0) is 52.3 Å². The minimum atomic E-state index is -0.463. The second-order valence-electron chi connectivity index (χ2n) is 9.08. The molecule has 0 atom stereocenters. The van der Waals surface area contributed by atoms with Crippen molar-refractivity contribution in [1.82, 2.24) is 24.6 Å². The summed E-state index contributed by atoms with van der Waals surface area (Å²) in [7, 11) is 0. The molecule has 3 heterocycles. The molecule has 7 nitrogen and oxygen atoms in total. The summed E-state index contributed by atoms with van der Waals surface area (Å²) in [6.45, 7) is 10.9. The molecule has 2 aliphatic heterocycles. The van der Waals surface area contributed by atoms with Gasteiger partial charge in [0, 0.05) is 18.3 Å². The first-order valence-corrected chi connectivity index (χ1v) is 11.6. The summed E-state index contributed by atoms with van der Waals surface area (Å²) in [5.74, 6) is 1.02. The van der Waals surface area contributed by atoms with E-state index in [-0.39, 0.29) is 6.09 Å². The van der Waals surface area contributed by atoms with E-state index in [1.165, 1.54) is 18.4 Å². The lowest BCUT2D eigenvalue weighted by Crippen LogP contribution is -2.53. The van der Waals surface area contributed by atoms with Crippen LogP contribution in [-0.2, 0) is 17.8 Å². The third kappa shape index (κ3) is 5.35. The summed E-state index contributed by atoms with van der Waals surface area (Å²) in [5, 5.41) is 10.3. The topological polar surface area (TPSA) is 63.5 Å². The van der Waals surface area contributed by atoms with E-state index < -0.39 is 5.60 Å². The highest BCUT2D eigenvalue weighted by molar-refractivity contribution is 7.99. The van der Waals surface area contributed by atoms with Gasteiger partial charge in [0.1, 0.15) is 11.4 Å². The van der Waals surface area contributed by atoms with E-state index in [9.17, 15) is 4.79 Å². The number of likely N-dealkylation sites (tertiary alicyclic amines) is 2. The van der Waals surface area contributed by atoms with Crippen molar-refractivity contribution in [3.63, 3.8) is 0 Å². The van der Waals surface area contributed by atoms with Crippen molar-refractivity contribution in [2.75, 3.05) is 26.2 Å². The number of thioether (sulfide) groups is 1. The Morgan fingerprint density at radius 2 is 1.80 bits per heavy atom. The number of amides is 1. The molecule has 2 fully saturated rings. The predicted octanol–water partition coefficient (Wildman–Crippen LogP) is 3.63. The molecule has 1 amide bonds. The average Bonchev–Trinajstić information content (AvgIpc) is 3.29. The van der Waals surface area contributed by atoms with Crippen molar-refractivity contribution < 1.29 is 9.53 Å². The minimum Gasteiger partial charge on any atom is -0.444 e. The van der Waals surface area contributed by atoms with E-state index >= 15 is 0 Å². The van der Waals surface area contributed by atoms with E-state index in [0.717, 1.165) is 37.2 Å². The Morgan fingerprint density at radius 1 is 1.10 bits per heavy atom. The summed E-state index contributed by atoms with van der Waals surface area (Å²) in [6, 6.07) is 10.5. The predicted molar refractivity (Wildman–Crippen MR) is 118 cm³/mol. The van der Waals surface area contributed by atoms with Crippen LogP contribution in [0.5, 0.6) is 0 Å². The summed E-state index contributed by atoms with van der Waals surface area (Å²) in [4.78, 5) is 16.4. The second-order valence-corrected chi connectivity index (χ2v) is 10.3. The van der Waals surface area contributed by atoms with Gasteiger partial charge in [0.2, 0.25) is 0 Å². The van der Waals surface area contributed by atoms with Gasteiger partial charge >= 0.3 is 6.09 Å². The van der Waals surface area contributed by atoms with Crippen LogP contribution >= 0.6 is 11.8 Å². The first kappa shape index (κ1) is 21.2. The number of hydrogen-bond donors (Lipinski definition) is 0. The van der Waals surface area contributed by atoms with Gasteiger partial charge in [-0.1, -0.05) is 42.1 Å². The monoisotopic (exact) mass is 429 g/mol. The zero-order chi connectivity index (χ0) is 21.1. The SMILES string of the molecule is CC(C)(C)OC(=O)N1CC(Sc2nnc(CN3CCCC3)n2Cc2ccccc2)C1. The quantitative estimate of drug-likeness (QED) is 0.699. The van der Waals surface area contributed by atoms with Gasteiger partial charge in [-0.25, -0.2) is 4.79 Å². The Morgan fingerprint density at radius 3 is 2.47 bits per heavy atom. The maximum absolute atomic E-state index is 12.2. The van der Waals surface area contributed by atoms with Crippen LogP contribution in [0, 0.1) is 0 Å². The lowest BCUT2D eigenvalue weighted by Gasteiger charge is -2.39. The summed E-state index contributed by atoms with van der Waals surface area (Å²) < 4.78 is 7.70. The van der Waals surface area contributed by atoms with Crippen LogP contribution < -0.4 is 0 Å². The molecule has 8 heteroatoms. The van der Waals surface area contributed by atoms with Gasteiger partial charge in [-0.15, -0.1) is 10.2 Å². The number of carbonyl (C=O) groups excluding carboxylic acids is 1. The van der Waals surface area contributed by atoms with E-state index in [1.54, 1.807) is 16.7 Å². The number of aromatic nitrogens is 3. The highest BCUT2D eigenvalue weighted by Gasteiger charge is 2.35. The Bertz CT molecular complexity index is 852. The van der Waals surface area contributed by atoms with Crippen molar-refractivity contribution in [3.8, 4) is 0 Å². The standard InChI is InChI=1S/C22H31N5O2S/c1-22(2,3)29-21(28)26-14-18(15-26)30-20-24-23-19(16-25-11-7-8-12-25)27(20)13-17-9-5-4-6-10-17/h4-6,9-10,18H,7-8,11-16H2,1-3H3. The minimum absolute atomic E-state index is 0.236. The Kier molecular flexibility index (Phi) is 6.34. The van der Waals surface area contributed by atoms with Crippen molar-refractivity contribution in [2.45, 2.75) is 62.7 Å². The van der Waals surface area contributed by atoms with Crippen LogP contribution in [0.2, 0.25) is 0 Å². The molecule has 2 aliphatic rings. The summed E-state index contributed by atoms with van der Waals surface area (Å²) >= 11 is 1.72. The number of nitrogens with zero attached hydrogens (tertiary/aromatic N) is 5. The first-order chi connectivity index (χ1) is 14.4. The molecular formula is C22H31N5O2S. The molecule has 2 saturated heterocycles. The van der Waals surface area contributed by atoms with Crippen molar-refractivity contribution in [2.24, 2.45) is 0 Å². The van der Waals surface area contributed by atoms with E-state index in [4.69, 9.17) is 4.74 Å². The van der Waals surface area contributed by atoms with Gasteiger partial charge in [-0.3, -0.25) is 4.90 Å². The maximum Gasteiger partial charge on any atom is 0.410 e. The number of benzene rings is 1. The number of ether oxygens (including phenoxy) is 1. The zero-order valence-electron chi connectivity index (χ0n) is 18.1. The van der Waals surface area contributed by atoms with Gasteiger partial charge in [0.05, 0.1) is 13.1 Å². The highest BCUT2D eigenvalue weighted by Crippen LogP contribution is 2.31. The first-order valence-electron chi connectivity index (χ1n) is 10.7. The third-order valence-corrected chi connectivity index (χ3v) is 6.46. The molecule has 30 heavy (non-hydrogen) atoms. The molecule has 0 saturated carbocycles. The fraction of sp³-hybridized carbons (Fsp3) is 0.591. The van der Waals surface area contributed by atoms with E-state index in [1.807, 2.05) is 26.8 Å². The van der Waals surface area contributed by atoms with Crippen molar-refractivity contribution >= 4 is 17.9 Å². The van der Waals surface area contributed by atoms with Gasteiger partial charge in [0.25, 0.3) is 0 Å². The molecule has 0 unspecified atom stereocenters. The average molecular weight is 430 g/mol. The molecule has 4 rings (SSSR count). The molecule has 0 radical (unpaired) electrons. The fourth-order valence-corrected chi connectivity index (χ4v) is 4.92. The second kappa shape index (κ2) is 8.98. The molecule has 162 valence electrons. The van der Waals surface area contributed by atoms with Crippen LogP contribution in [0.4, 0.5) is 4.79 Å². The Labute approximate surface area is 182 Å². The number of carbonyl (C=O) groups is 1. The molecule has 0 bridgehead atoms. The van der Waals surface area contributed by atoms with Crippen LogP contribution in [0.25, 0.3) is 0 Å². The molecule has 1 aromatic carbocycles. The third-order valence-electron chi connectivity index (χ3n) is 5.31. The number of rotatable bonds is 6. The van der Waals surface area contributed by atoms with E-state index in [0.29, 0.717) is 18.3 Å². The molecular weight excluding hydrogens is 398 g/mol. The molecule has 1 aromatic heterocycles. The van der Waals surface area contributed by atoms with Crippen LogP contribution in [0.1, 0.15) is 45.0 Å². The Balaban J connectivity index is 1.42. The highest BCUT2D eigenvalue weighted by atomic mass is 32.2. The van der Waals surface area contributed by atoms with Gasteiger partial charge in [0.15, 0.2) is 5.16 Å². The largest absolute Gasteiger partial charge is 0.444 e. The van der Waals surface area contributed by atoms with Gasteiger partial charge in [-0.2, -0.15) is 0 Å². The Hall–Kier alpha value is -2.06. The normalized spacial score (nSPS) is 17.9. The fourth-order valence-electron chi connectivity index (χ4n) is 3.73. The number of hydrogen-bond acceptors (Lipinski definition) is 6. The van der Waals surface area contributed by atoms with Crippen LogP contribution in [0.3, 0.4) is 0 Å². The van der Waals surface area contributed by atoms with Crippen molar-refractivity contribution in [3.05, 3.63) is 41.7 Å². The maximum atomic E-state index is 12.2. The summed E-state index contributed by atoms with van der Waals surface area (Å²) in [5.41, 5.74) is 0.779. The van der Waals surface area contributed by atoms with Crippen molar-refractivity contribution in [1.29, 1.82) is 0 Å². The smallest absolute Gasteiger partial charge is 0.410 e. The molecule has 2 aromatic rings. The lowest BCUT2D eigenvalue weighted by atomic mass is 10.2.